The lowest BCUT2D eigenvalue weighted by Gasteiger charge is -2.26. The normalized spacial score (nSPS) is 15.1. The quantitative estimate of drug-likeness (QED) is 0.749. The van der Waals surface area contributed by atoms with Crippen LogP contribution >= 0.6 is 0 Å². The highest BCUT2D eigenvalue weighted by molar-refractivity contribution is 5.78. The van der Waals surface area contributed by atoms with Crippen molar-refractivity contribution in [2.45, 2.75) is 33.1 Å². The van der Waals surface area contributed by atoms with Crippen molar-refractivity contribution in [3.63, 3.8) is 0 Å². The van der Waals surface area contributed by atoms with E-state index in [1.165, 1.54) is 37.9 Å². The molecule has 2 heterocycles. The Hall–Kier alpha value is -2.34. The highest BCUT2D eigenvalue weighted by Gasteiger charge is 2.12. The number of rotatable bonds is 6. The van der Waals surface area contributed by atoms with Crippen molar-refractivity contribution in [2.75, 3.05) is 42.5 Å². The Kier molecular flexibility index (Phi) is 5.71. The molecule has 3 rings (SSSR count). The molecule has 134 valence electrons. The molecule has 1 aliphatic rings. The summed E-state index contributed by atoms with van der Waals surface area (Å²) in [6.45, 7) is 8.38. The van der Waals surface area contributed by atoms with E-state index >= 15 is 0 Å². The number of benzene rings is 1. The SMILES string of the molecule is Cc1ccc(C)c(Nc2ncnc(NCCN3CCCCC3)c2N)c1. The molecule has 0 saturated carbocycles. The number of nitrogens with two attached hydrogens (primary N) is 1. The molecule has 1 aromatic carbocycles. The summed E-state index contributed by atoms with van der Waals surface area (Å²) >= 11 is 0. The second-order valence-electron chi connectivity index (χ2n) is 6.76. The average Bonchev–Trinajstić information content (AvgIpc) is 2.62. The minimum Gasteiger partial charge on any atom is -0.393 e. The van der Waals surface area contributed by atoms with Crippen LogP contribution in [0.1, 0.15) is 30.4 Å². The summed E-state index contributed by atoms with van der Waals surface area (Å²) in [5.74, 6) is 1.34. The maximum atomic E-state index is 6.27. The van der Waals surface area contributed by atoms with E-state index in [1.807, 2.05) is 0 Å². The summed E-state index contributed by atoms with van der Waals surface area (Å²) in [5.41, 5.74) is 10.2. The fourth-order valence-corrected chi connectivity index (χ4v) is 3.15. The minimum absolute atomic E-state index is 0.557. The zero-order chi connectivity index (χ0) is 17.6. The van der Waals surface area contributed by atoms with Gasteiger partial charge in [-0.25, -0.2) is 9.97 Å². The average molecular weight is 340 g/mol. The molecule has 4 N–H and O–H groups in total. The largest absolute Gasteiger partial charge is 0.393 e. The van der Waals surface area contributed by atoms with Gasteiger partial charge in [0.05, 0.1) is 0 Å². The number of nitrogen functional groups attached to an aromatic ring is 1. The van der Waals surface area contributed by atoms with Gasteiger partial charge in [0, 0.05) is 18.8 Å². The third-order valence-corrected chi connectivity index (χ3v) is 4.70. The molecule has 0 unspecified atom stereocenters. The monoisotopic (exact) mass is 340 g/mol. The molecular weight excluding hydrogens is 312 g/mol. The van der Waals surface area contributed by atoms with Gasteiger partial charge in [0.25, 0.3) is 0 Å². The van der Waals surface area contributed by atoms with Gasteiger partial charge in [-0.2, -0.15) is 0 Å². The lowest BCUT2D eigenvalue weighted by atomic mass is 10.1. The van der Waals surface area contributed by atoms with E-state index in [0.29, 0.717) is 17.3 Å². The summed E-state index contributed by atoms with van der Waals surface area (Å²) in [7, 11) is 0. The fraction of sp³-hybridized carbons (Fsp3) is 0.474. The predicted octanol–water partition coefficient (Wildman–Crippen LogP) is 3.32. The molecule has 0 amide bonds. The Morgan fingerprint density at radius 2 is 1.84 bits per heavy atom. The van der Waals surface area contributed by atoms with Crippen LogP contribution in [-0.2, 0) is 0 Å². The lowest BCUT2D eigenvalue weighted by Crippen LogP contribution is -2.33. The van der Waals surface area contributed by atoms with Crippen LogP contribution in [0, 0.1) is 13.8 Å². The molecule has 0 spiro atoms. The van der Waals surface area contributed by atoms with E-state index in [0.717, 1.165) is 24.3 Å². The van der Waals surface area contributed by atoms with Crippen LogP contribution < -0.4 is 16.4 Å². The predicted molar refractivity (Wildman–Crippen MR) is 104 cm³/mol. The van der Waals surface area contributed by atoms with Crippen LogP contribution in [0.5, 0.6) is 0 Å². The first-order valence-electron chi connectivity index (χ1n) is 9.04. The van der Waals surface area contributed by atoms with Crippen molar-refractivity contribution in [1.29, 1.82) is 0 Å². The molecule has 1 aromatic heterocycles. The van der Waals surface area contributed by atoms with Crippen molar-refractivity contribution >= 4 is 23.0 Å². The van der Waals surface area contributed by atoms with Gasteiger partial charge in [0.1, 0.15) is 12.0 Å². The summed E-state index contributed by atoms with van der Waals surface area (Å²) < 4.78 is 0. The number of aryl methyl sites for hydroxylation is 2. The lowest BCUT2D eigenvalue weighted by molar-refractivity contribution is 0.237. The Labute approximate surface area is 149 Å². The molecule has 25 heavy (non-hydrogen) atoms. The smallest absolute Gasteiger partial charge is 0.159 e. The first kappa shape index (κ1) is 17.5. The highest BCUT2D eigenvalue weighted by Crippen LogP contribution is 2.27. The number of hydrogen-bond donors (Lipinski definition) is 3. The third kappa shape index (κ3) is 4.60. The second-order valence-corrected chi connectivity index (χ2v) is 6.76. The molecule has 1 fully saturated rings. The van der Waals surface area contributed by atoms with Gasteiger partial charge in [0.2, 0.25) is 0 Å². The van der Waals surface area contributed by atoms with E-state index < -0.39 is 0 Å². The van der Waals surface area contributed by atoms with Crippen molar-refractivity contribution in [3.05, 3.63) is 35.7 Å². The van der Waals surface area contributed by atoms with Crippen molar-refractivity contribution in [2.24, 2.45) is 0 Å². The van der Waals surface area contributed by atoms with Gasteiger partial charge in [-0.3, -0.25) is 0 Å². The number of likely N-dealkylation sites (tertiary alicyclic amines) is 1. The van der Waals surface area contributed by atoms with Crippen LogP contribution in [-0.4, -0.2) is 41.0 Å². The van der Waals surface area contributed by atoms with Crippen molar-refractivity contribution in [1.82, 2.24) is 14.9 Å². The number of anilines is 4. The van der Waals surface area contributed by atoms with Gasteiger partial charge in [-0.1, -0.05) is 18.6 Å². The number of aromatic nitrogens is 2. The van der Waals surface area contributed by atoms with Crippen LogP contribution in [0.25, 0.3) is 0 Å². The Morgan fingerprint density at radius 3 is 2.64 bits per heavy atom. The zero-order valence-electron chi connectivity index (χ0n) is 15.2. The maximum Gasteiger partial charge on any atom is 0.159 e. The van der Waals surface area contributed by atoms with Crippen LogP contribution in [0.3, 0.4) is 0 Å². The molecule has 2 aromatic rings. The summed E-state index contributed by atoms with van der Waals surface area (Å²) in [6, 6.07) is 6.28. The summed E-state index contributed by atoms with van der Waals surface area (Å²) in [6.07, 6.45) is 5.52. The minimum atomic E-state index is 0.557. The topological polar surface area (TPSA) is 79.1 Å². The van der Waals surface area contributed by atoms with E-state index in [4.69, 9.17) is 5.73 Å². The Balaban J connectivity index is 1.64. The number of hydrogen-bond acceptors (Lipinski definition) is 6. The highest BCUT2D eigenvalue weighted by atomic mass is 15.2. The molecule has 0 radical (unpaired) electrons. The number of nitrogens with one attached hydrogen (secondary N) is 2. The zero-order valence-corrected chi connectivity index (χ0v) is 15.2. The molecule has 0 aliphatic carbocycles. The van der Waals surface area contributed by atoms with Crippen LogP contribution in [0.4, 0.5) is 23.0 Å². The first-order valence-corrected chi connectivity index (χ1v) is 9.04. The summed E-state index contributed by atoms with van der Waals surface area (Å²) in [5, 5.41) is 6.69. The molecule has 0 atom stereocenters. The van der Waals surface area contributed by atoms with Gasteiger partial charge in [0.15, 0.2) is 11.6 Å². The number of nitrogens with zero attached hydrogens (tertiary/aromatic N) is 3. The Morgan fingerprint density at radius 1 is 1.08 bits per heavy atom. The summed E-state index contributed by atoms with van der Waals surface area (Å²) in [4.78, 5) is 11.1. The van der Waals surface area contributed by atoms with E-state index in [-0.39, 0.29) is 0 Å². The van der Waals surface area contributed by atoms with E-state index in [1.54, 1.807) is 6.33 Å². The maximum absolute atomic E-state index is 6.27. The molecule has 0 bridgehead atoms. The van der Waals surface area contributed by atoms with Crippen molar-refractivity contribution in [3.8, 4) is 0 Å². The van der Waals surface area contributed by atoms with Gasteiger partial charge >= 0.3 is 0 Å². The molecule has 6 nitrogen and oxygen atoms in total. The Bertz CT molecular complexity index is 709. The van der Waals surface area contributed by atoms with Crippen LogP contribution in [0.2, 0.25) is 0 Å². The third-order valence-electron chi connectivity index (χ3n) is 4.70. The van der Waals surface area contributed by atoms with Crippen molar-refractivity contribution < 1.29 is 0 Å². The number of piperidine rings is 1. The molecule has 1 saturated heterocycles. The van der Waals surface area contributed by atoms with E-state index in [2.05, 4.69) is 57.5 Å². The molecule has 1 aliphatic heterocycles. The standard InChI is InChI=1S/C19H28N6/c1-14-6-7-15(2)16(12-14)24-19-17(20)18(22-13-23-19)21-8-11-25-9-4-3-5-10-25/h6-7,12-13H,3-5,8-11,20H2,1-2H3,(H2,21,22,23,24). The van der Waals surface area contributed by atoms with Gasteiger partial charge in [-0.15, -0.1) is 0 Å². The van der Waals surface area contributed by atoms with Gasteiger partial charge in [-0.05, 0) is 57.0 Å². The molecular formula is C19H28N6. The fourth-order valence-electron chi connectivity index (χ4n) is 3.15. The molecule has 6 heteroatoms. The first-order chi connectivity index (χ1) is 12.1. The van der Waals surface area contributed by atoms with Crippen LogP contribution in [0.15, 0.2) is 24.5 Å². The van der Waals surface area contributed by atoms with Gasteiger partial charge < -0.3 is 21.3 Å². The second kappa shape index (κ2) is 8.16. The van der Waals surface area contributed by atoms with E-state index in [9.17, 15) is 0 Å².